The number of aliphatic hydroxyl groups is 1. The molecule has 0 aliphatic carbocycles. The van der Waals surface area contributed by atoms with E-state index in [1.807, 2.05) is 72.8 Å². The molecule has 1 atom stereocenters. The Bertz CT molecular complexity index is 774. The molecule has 0 aliphatic rings. The monoisotopic (exact) mass is 386 g/mol. The first-order valence-corrected chi connectivity index (χ1v) is 9.84. The lowest BCUT2D eigenvalue weighted by Crippen LogP contribution is -2.21. The van der Waals surface area contributed by atoms with Crippen LogP contribution < -0.4 is 10.6 Å². The molecule has 1 unspecified atom stereocenters. The number of benzene rings is 3. The SMILES string of the molecule is O=P(c1ccccc1)(c1ccccc1)C(O)c1ccc(Br)cc1. The second-order valence-electron chi connectivity index (χ2n) is 5.25. The predicted octanol–water partition coefficient (Wildman–Crippen LogP) is 4.45. The molecular weight excluding hydrogens is 371 g/mol. The van der Waals surface area contributed by atoms with Gasteiger partial charge in [0.25, 0.3) is 0 Å². The molecular formula is C19H16BrO2P. The first-order chi connectivity index (χ1) is 11.1. The van der Waals surface area contributed by atoms with Gasteiger partial charge in [-0.2, -0.15) is 0 Å². The van der Waals surface area contributed by atoms with Gasteiger partial charge >= 0.3 is 0 Å². The average molecular weight is 387 g/mol. The van der Waals surface area contributed by atoms with Crippen LogP contribution in [0.25, 0.3) is 0 Å². The van der Waals surface area contributed by atoms with E-state index in [9.17, 15) is 9.67 Å². The van der Waals surface area contributed by atoms with Crippen molar-refractivity contribution in [3.8, 4) is 0 Å². The van der Waals surface area contributed by atoms with Gasteiger partial charge in [-0.05, 0) is 17.7 Å². The van der Waals surface area contributed by atoms with Gasteiger partial charge < -0.3 is 9.67 Å². The molecule has 0 bridgehead atoms. The molecule has 3 rings (SSSR count). The van der Waals surface area contributed by atoms with Crippen LogP contribution in [0.15, 0.2) is 89.4 Å². The van der Waals surface area contributed by atoms with Gasteiger partial charge in [-0.1, -0.05) is 88.7 Å². The maximum atomic E-state index is 13.9. The Hall–Kier alpha value is -1.67. The second kappa shape index (κ2) is 6.84. The third-order valence-corrected chi connectivity index (χ3v) is 7.44. The lowest BCUT2D eigenvalue weighted by molar-refractivity contribution is 0.257. The Morgan fingerprint density at radius 2 is 1.17 bits per heavy atom. The number of aliphatic hydroxyl groups excluding tert-OH is 1. The Balaban J connectivity index is 2.16. The van der Waals surface area contributed by atoms with Gasteiger partial charge in [0.05, 0.1) is 0 Å². The van der Waals surface area contributed by atoms with Gasteiger partial charge in [0.2, 0.25) is 0 Å². The lowest BCUT2D eigenvalue weighted by Gasteiger charge is -2.25. The van der Waals surface area contributed by atoms with Crippen LogP contribution in [-0.4, -0.2) is 5.11 Å². The Kier molecular flexibility index (Phi) is 4.82. The fourth-order valence-electron chi connectivity index (χ4n) is 2.58. The van der Waals surface area contributed by atoms with Gasteiger partial charge in [0.1, 0.15) is 5.85 Å². The topological polar surface area (TPSA) is 37.3 Å². The van der Waals surface area contributed by atoms with Crippen molar-refractivity contribution < 1.29 is 9.67 Å². The molecule has 0 aliphatic heterocycles. The van der Waals surface area contributed by atoms with E-state index < -0.39 is 13.0 Å². The summed E-state index contributed by atoms with van der Waals surface area (Å²) < 4.78 is 14.9. The summed E-state index contributed by atoms with van der Waals surface area (Å²) in [7, 11) is -3.21. The zero-order valence-electron chi connectivity index (χ0n) is 12.3. The van der Waals surface area contributed by atoms with Crippen molar-refractivity contribution in [1.82, 2.24) is 0 Å². The van der Waals surface area contributed by atoms with Gasteiger partial charge in [-0.15, -0.1) is 0 Å². The van der Waals surface area contributed by atoms with Crippen molar-refractivity contribution in [1.29, 1.82) is 0 Å². The van der Waals surface area contributed by atoms with Crippen molar-refractivity contribution in [2.45, 2.75) is 5.85 Å². The highest BCUT2D eigenvalue weighted by Gasteiger charge is 2.36. The highest BCUT2D eigenvalue weighted by molar-refractivity contribution is 9.10. The maximum Gasteiger partial charge on any atom is 0.174 e. The smallest absolute Gasteiger partial charge is 0.174 e. The Labute approximate surface area is 144 Å². The van der Waals surface area contributed by atoms with Crippen LogP contribution in [0.1, 0.15) is 11.4 Å². The third kappa shape index (κ3) is 3.18. The van der Waals surface area contributed by atoms with Gasteiger partial charge in [-0.25, -0.2) is 0 Å². The molecule has 0 saturated heterocycles. The van der Waals surface area contributed by atoms with E-state index in [-0.39, 0.29) is 0 Å². The van der Waals surface area contributed by atoms with Crippen molar-refractivity contribution in [2.75, 3.05) is 0 Å². The molecule has 116 valence electrons. The van der Waals surface area contributed by atoms with Crippen molar-refractivity contribution >= 4 is 33.7 Å². The first kappa shape index (κ1) is 16.2. The highest BCUT2D eigenvalue weighted by atomic mass is 79.9. The van der Waals surface area contributed by atoms with E-state index in [1.54, 1.807) is 12.1 Å². The maximum absolute atomic E-state index is 13.9. The summed E-state index contributed by atoms with van der Waals surface area (Å²) in [5, 5.41) is 12.3. The number of rotatable bonds is 4. The molecule has 2 nitrogen and oxygen atoms in total. The summed E-state index contributed by atoms with van der Waals surface area (Å²) in [5.41, 5.74) is 0.643. The van der Waals surface area contributed by atoms with Crippen molar-refractivity contribution in [3.05, 3.63) is 95.0 Å². The summed E-state index contributed by atoms with van der Waals surface area (Å²) in [6.07, 6.45) is 0. The summed E-state index contributed by atoms with van der Waals surface area (Å²) in [4.78, 5) is 0. The average Bonchev–Trinajstić information content (AvgIpc) is 2.62. The van der Waals surface area contributed by atoms with Crippen LogP contribution in [-0.2, 0) is 4.57 Å². The molecule has 0 fully saturated rings. The molecule has 0 aromatic heterocycles. The molecule has 3 aromatic carbocycles. The Morgan fingerprint density at radius 1 is 0.739 bits per heavy atom. The fraction of sp³-hybridized carbons (Fsp3) is 0.0526. The van der Waals surface area contributed by atoms with Crippen LogP contribution in [0.5, 0.6) is 0 Å². The van der Waals surface area contributed by atoms with Crippen molar-refractivity contribution in [3.63, 3.8) is 0 Å². The minimum Gasteiger partial charge on any atom is -0.380 e. The molecule has 23 heavy (non-hydrogen) atoms. The number of hydrogen-bond acceptors (Lipinski definition) is 2. The lowest BCUT2D eigenvalue weighted by atomic mass is 10.2. The predicted molar refractivity (Wildman–Crippen MR) is 98.9 cm³/mol. The van der Waals surface area contributed by atoms with Crippen molar-refractivity contribution in [2.24, 2.45) is 0 Å². The van der Waals surface area contributed by atoms with E-state index in [2.05, 4.69) is 15.9 Å². The molecule has 0 saturated carbocycles. The van der Waals surface area contributed by atoms with Gasteiger partial charge in [0.15, 0.2) is 7.14 Å². The van der Waals surface area contributed by atoms with Gasteiger partial charge in [0, 0.05) is 15.1 Å². The molecule has 1 N–H and O–H groups in total. The van der Waals surface area contributed by atoms with E-state index >= 15 is 0 Å². The highest BCUT2D eigenvalue weighted by Crippen LogP contribution is 2.55. The summed E-state index contributed by atoms with van der Waals surface area (Å²) >= 11 is 3.38. The minimum absolute atomic E-state index is 0.643. The molecule has 0 heterocycles. The molecule has 3 aromatic rings. The second-order valence-corrected chi connectivity index (χ2v) is 9.01. The standard InChI is InChI=1S/C19H16BrO2P/c20-16-13-11-15(12-14-16)19(21)23(22,17-7-3-1-4-8-17)18-9-5-2-6-10-18/h1-14,19,21H. The summed E-state index contributed by atoms with van der Waals surface area (Å²) in [6, 6.07) is 25.7. The van der Waals surface area contributed by atoms with E-state index in [0.29, 0.717) is 16.2 Å². The largest absolute Gasteiger partial charge is 0.380 e. The van der Waals surface area contributed by atoms with Crippen LogP contribution in [0.4, 0.5) is 0 Å². The van der Waals surface area contributed by atoms with Crippen LogP contribution in [0, 0.1) is 0 Å². The Morgan fingerprint density at radius 3 is 1.61 bits per heavy atom. The summed E-state index contributed by atoms with van der Waals surface area (Å²) in [6.45, 7) is 0. The molecule has 0 radical (unpaired) electrons. The van der Waals surface area contributed by atoms with Crippen LogP contribution in [0.3, 0.4) is 0 Å². The molecule has 4 heteroatoms. The van der Waals surface area contributed by atoms with Gasteiger partial charge in [-0.3, -0.25) is 0 Å². The van der Waals surface area contributed by atoms with E-state index in [0.717, 1.165) is 4.47 Å². The number of hydrogen-bond donors (Lipinski definition) is 1. The number of halogens is 1. The third-order valence-electron chi connectivity index (χ3n) is 3.79. The van der Waals surface area contributed by atoms with Crippen LogP contribution >= 0.6 is 23.1 Å². The summed E-state index contributed by atoms with van der Waals surface area (Å²) in [5.74, 6) is -1.08. The molecule has 0 amide bonds. The molecule has 0 spiro atoms. The zero-order valence-corrected chi connectivity index (χ0v) is 14.8. The fourth-order valence-corrected chi connectivity index (χ4v) is 5.52. The van der Waals surface area contributed by atoms with Crippen LogP contribution in [0.2, 0.25) is 0 Å². The van der Waals surface area contributed by atoms with E-state index in [1.165, 1.54) is 0 Å². The zero-order chi connectivity index (χ0) is 16.3. The minimum atomic E-state index is -3.21. The normalized spacial score (nSPS) is 12.8. The first-order valence-electron chi connectivity index (χ1n) is 7.27. The van der Waals surface area contributed by atoms with E-state index in [4.69, 9.17) is 0 Å². The quantitative estimate of drug-likeness (QED) is 0.672.